The molecule has 2 rings (SSSR count). The van der Waals surface area contributed by atoms with Gasteiger partial charge in [-0.2, -0.15) is 0 Å². The number of Topliss-reactive ketones (excluding diaryl/α,β-unsaturated/α-hetero) is 1. The summed E-state index contributed by atoms with van der Waals surface area (Å²) < 4.78 is 0.847. The summed E-state index contributed by atoms with van der Waals surface area (Å²) in [5, 5.41) is 3.15. The number of ketones is 1. The molecule has 6 heteroatoms. The molecule has 0 N–H and O–H groups in total. The molecule has 0 amide bonds. The highest BCUT2D eigenvalue weighted by atomic mass is 79.9. The number of thioether (sulfide) groups is 1. The van der Waals surface area contributed by atoms with E-state index in [9.17, 15) is 4.79 Å². The van der Waals surface area contributed by atoms with Gasteiger partial charge in [0.15, 0.2) is 5.78 Å². The molecule has 0 atom stereocenters. The van der Waals surface area contributed by atoms with Crippen molar-refractivity contribution in [1.29, 1.82) is 0 Å². The lowest BCUT2D eigenvalue weighted by Crippen LogP contribution is -2.00. The van der Waals surface area contributed by atoms with Gasteiger partial charge in [0, 0.05) is 10.7 Å². The van der Waals surface area contributed by atoms with Crippen LogP contribution >= 0.6 is 50.6 Å². The topological polar surface area (TPSA) is 30.0 Å². The van der Waals surface area contributed by atoms with E-state index in [-0.39, 0.29) is 5.78 Å². The fraction of sp³-hybridized carbons (Fsp3) is 0.0909. The molecule has 0 radical (unpaired) electrons. The minimum absolute atomic E-state index is 0.0820. The van der Waals surface area contributed by atoms with E-state index < -0.39 is 0 Å². The molecule has 88 valence electrons. The molecule has 0 spiro atoms. The Bertz CT molecular complexity index is 544. The van der Waals surface area contributed by atoms with Crippen molar-refractivity contribution in [2.75, 3.05) is 5.75 Å². The maximum Gasteiger partial charge on any atom is 0.184 e. The molecular formula is C11H7BrClNOS2. The average Bonchev–Trinajstić information content (AvgIpc) is 2.74. The molecule has 2 aromatic heterocycles. The molecule has 0 unspecified atom stereocenters. The summed E-state index contributed by atoms with van der Waals surface area (Å²) >= 11 is 12.1. The van der Waals surface area contributed by atoms with Gasteiger partial charge in [-0.25, -0.2) is 4.98 Å². The number of pyridine rings is 1. The number of carbonyl (C=O) groups excluding carboxylic acids is 1. The highest BCUT2D eigenvalue weighted by molar-refractivity contribution is 9.10. The summed E-state index contributed by atoms with van der Waals surface area (Å²) in [6, 6.07) is 5.41. The van der Waals surface area contributed by atoms with Crippen molar-refractivity contribution in [2.24, 2.45) is 0 Å². The molecule has 0 aromatic carbocycles. The van der Waals surface area contributed by atoms with E-state index in [1.54, 1.807) is 18.3 Å². The molecule has 2 aromatic rings. The SMILES string of the molecule is O=C(CSc1ncccc1Cl)c1sccc1Br. The van der Waals surface area contributed by atoms with Gasteiger partial charge in [-0.15, -0.1) is 11.3 Å². The second-order valence-corrected chi connectivity index (χ2v) is 6.24. The molecular weight excluding hydrogens is 342 g/mol. The quantitative estimate of drug-likeness (QED) is 0.600. The van der Waals surface area contributed by atoms with Crippen LogP contribution in [0.1, 0.15) is 9.67 Å². The Labute approximate surface area is 121 Å². The zero-order valence-electron chi connectivity index (χ0n) is 8.52. The van der Waals surface area contributed by atoms with Crippen LogP contribution in [-0.2, 0) is 0 Å². The van der Waals surface area contributed by atoms with Crippen LogP contribution in [0.5, 0.6) is 0 Å². The van der Waals surface area contributed by atoms with Crippen LogP contribution < -0.4 is 0 Å². The number of nitrogens with zero attached hydrogens (tertiary/aromatic N) is 1. The minimum Gasteiger partial charge on any atom is -0.292 e. The summed E-state index contributed by atoms with van der Waals surface area (Å²) in [5.41, 5.74) is 0. The fourth-order valence-electron chi connectivity index (χ4n) is 1.17. The van der Waals surface area contributed by atoms with Crippen LogP contribution in [0.15, 0.2) is 39.3 Å². The van der Waals surface area contributed by atoms with Gasteiger partial charge in [0.2, 0.25) is 0 Å². The summed E-state index contributed by atoms with van der Waals surface area (Å²) in [5.74, 6) is 0.425. The maximum atomic E-state index is 11.9. The normalized spacial score (nSPS) is 10.5. The Balaban J connectivity index is 2.02. The number of aromatic nitrogens is 1. The lowest BCUT2D eigenvalue weighted by atomic mass is 10.3. The van der Waals surface area contributed by atoms with Gasteiger partial charge in [-0.3, -0.25) is 4.79 Å². The van der Waals surface area contributed by atoms with Gasteiger partial charge in [0.25, 0.3) is 0 Å². The van der Waals surface area contributed by atoms with Crippen LogP contribution in [0.2, 0.25) is 5.02 Å². The number of hydrogen-bond donors (Lipinski definition) is 0. The van der Waals surface area contributed by atoms with Crippen molar-refractivity contribution < 1.29 is 4.79 Å². The monoisotopic (exact) mass is 347 g/mol. The molecule has 0 bridgehead atoms. The van der Waals surface area contributed by atoms with E-state index in [1.165, 1.54) is 23.1 Å². The zero-order valence-corrected chi connectivity index (χ0v) is 12.5. The first-order valence-corrected chi connectivity index (χ1v) is 7.71. The first-order valence-electron chi connectivity index (χ1n) is 4.68. The molecule has 0 aliphatic rings. The molecule has 0 aliphatic heterocycles. The number of hydrogen-bond acceptors (Lipinski definition) is 4. The second kappa shape index (κ2) is 6.00. The summed E-state index contributed by atoms with van der Waals surface area (Å²) in [6.07, 6.45) is 1.67. The number of halogens is 2. The number of rotatable bonds is 4. The van der Waals surface area contributed by atoms with Gasteiger partial charge in [-0.1, -0.05) is 23.4 Å². The number of thiophene rings is 1. The highest BCUT2D eigenvalue weighted by Gasteiger charge is 2.13. The van der Waals surface area contributed by atoms with Crippen LogP contribution in [0.3, 0.4) is 0 Å². The van der Waals surface area contributed by atoms with E-state index in [0.717, 1.165) is 9.35 Å². The number of carbonyl (C=O) groups is 1. The van der Waals surface area contributed by atoms with Crippen molar-refractivity contribution in [3.8, 4) is 0 Å². The summed E-state index contributed by atoms with van der Waals surface area (Å²) in [6.45, 7) is 0. The van der Waals surface area contributed by atoms with E-state index >= 15 is 0 Å². The van der Waals surface area contributed by atoms with E-state index in [2.05, 4.69) is 20.9 Å². The smallest absolute Gasteiger partial charge is 0.184 e. The third-order valence-electron chi connectivity index (χ3n) is 1.94. The van der Waals surface area contributed by atoms with Crippen LogP contribution in [0.25, 0.3) is 0 Å². The van der Waals surface area contributed by atoms with Crippen molar-refractivity contribution in [1.82, 2.24) is 4.98 Å². The predicted octanol–water partition coefficient (Wildman–Crippen LogP) is 4.53. The standard InChI is InChI=1S/C11H7BrClNOS2/c12-7-3-5-16-10(7)9(15)6-17-11-8(13)2-1-4-14-11/h1-5H,6H2. The van der Waals surface area contributed by atoms with E-state index in [1.807, 2.05) is 11.4 Å². The second-order valence-electron chi connectivity index (χ2n) is 3.10. The van der Waals surface area contributed by atoms with E-state index in [0.29, 0.717) is 15.8 Å². The molecule has 0 aliphatic carbocycles. The zero-order chi connectivity index (χ0) is 12.3. The van der Waals surface area contributed by atoms with Gasteiger partial charge in [-0.05, 0) is 39.5 Å². The Morgan fingerprint density at radius 1 is 1.53 bits per heavy atom. The Morgan fingerprint density at radius 2 is 2.35 bits per heavy atom. The highest BCUT2D eigenvalue weighted by Crippen LogP contribution is 2.28. The molecule has 2 nitrogen and oxygen atoms in total. The van der Waals surface area contributed by atoms with Crippen molar-refractivity contribution in [2.45, 2.75) is 5.03 Å². The Kier molecular flexibility index (Phi) is 4.62. The van der Waals surface area contributed by atoms with Crippen molar-refractivity contribution in [3.05, 3.63) is 44.1 Å². The minimum atomic E-state index is 0.0820. The van der Waals surface area contributed by atoms with Gasteiger partial charge >= 0.3 is 0 Å². The Hall–Kier alpha value is -0.360. The van der Waals surface area contributed by atoms with Gasteiger partial charge < -0.3 is 0 Å². The third kappa shape index (κ3) is 3.31. The largest absolute Gasteiger partial charge is 0.292 e. The summed E-state index contributed by atoms with van der Waals surface area (Å²) in [7, 11) is 0. The van der Waals surface area contributed by atoms with Crippen molar-refractivity contribution >= 4 is 56.4 Å². The summed E-state index contributed by atoms with van der Waals surface area (Å²) in [4.78, 5) is 16.8. The van der Waals surface area contributed by atoms with Crippen LogP contribution in [0, 0.1) is 0 Å². The van der Waals surface area contributed by atoms with Gasteiger partial charge in [0.05, 0.1) is 15.7 Å². The van der Waals surface area contributed by atoms with E-state index in [4.69, 9.17) is 11.6 Å². The third-order valence-corrected chi connectivity index (χ3v) is 5.24. The lowest BCUT2D eigenvalue weighted by Gasteiger charge is -2.01. The fourth-order valence-corrected chi connectivity index (χ4v) is 3.83. The molecule has 0 saturated heterocycles. The predicted molar refractivity (Wildman–Crippen MR) is 76.3 cm³/mol. The van der Waals surface area contributed by atoms with Crippen LogP contribution in [-0.4, -0.2) is 16.5 Å². The van der Waals surface area contributed by atoms with Crippen LogP contribution in [0.4, 0.5) is 0 Å². The lowest BCUT2D eigenvalue weighted by molar-refractivity contribution is 0.102. The van der Waals surface area contributed by atoms with Crippen molar-refractivity contribution in [3.63, 3.8) is 0 Å². The maximum absolute atomic E-state index is 11.9. The first kappa shape index (κ1) is 13.1. The molecule has 0 saturated carbocycles. The Morgan fingerprint density at radius 3 is 3.00 bits per heavy atom. The first-order chi connectivity index (χ1) is 8.18. The molecule has 17 heavy (non-hydrogen) atoms. The molecule has 2 heterocycles. The molecule has 0 fully saturated rings. The van der Waals surface area contributed by atoms with Gasteiger partial charge in [0.1, 0.15) is 5.03 Å². The average molecular weight is 349 g/mol.